The lowest BCUT2D eigenvalue weighted by Crippen LogP contribution is -2.30. The highest BCUT2D eigenvalue weighted by Gasteiger charge is 2.20. The Bertz CT molecular complexity index is 1090. The first kappa shape index (κ1) is 18.7. The van der Waals surface area contributed by atoms with E-state index in [1.165, 1.54) is 24.9 Å². The van der Waals surface area contributed by atoms with Crippen LogP contribution >= 0.6 is 11.6 Å². The summed E-state index contributed by atoms with van der Waals surface area (Å²) in [6, 6.07) is 13.3. The van der Waals surface area contributed by atoms with Gasteiger partial charge in [0.2, 0.25) is 0 Å². The van der Waals surface area contributed by atoms with Gasteiger partial charge in [0, 0.05) is 19.4 Å². The van der Waals surface area contributed by atoms with Crippen molar-refractivity contribution in [1.82, 2.24) is 0 Å². The van der Waals surface area contributed by atoms with Crippen LogP contribution in [-0.2, 0) is 16.1 Å². The molecule has 1 amide bonds. The van der Waals surface area contributed by atoms with Gasteiger partial charge in [0.25, 0.3) is 5.91 Å². The average Bonchev–Trinajstić information content (AvgIpc) is 2.65. The molecule has 0 radical (unpaired) electrons. The third-order valence-electron chi connectivity index (χ3n) is 3.99. The molecule has 27 heavy (non-hydrogen) atoms. The molecular formula is C20H16ClNO5. The molecule has 0 fully saturated rings. The molecular weight excluding hydrogens is 370 g/mol. The van der Waals surface area contributed by atoms with Crippen molar-refractivity contribution in [2.45, 2.75) is 13.5 Å². The van der Waals surface area contributed by atoms with E-state index < -0.39 is 17.5 Å². The molecule has 0 unspecified atom stereocenters. The molecule has 0 saturated carbocycles. The number of benzene rings is 2. The number of esters is 1. The number of ether oxygens (including phenoxy) is 1. The molecule has 1 aromatic heterocycles. The molecule has 6 nitrogen and oxygen atoms in total. The molecule has 0 aliphatic carbocycles. The van der Waals surface area contributed by atoms with E-state index in [2.05, 4.69) is 0 Å². The first-order valence-electron chi connectivity index (χ1n) is 8.09. The number of anilines is 1. The molecule has 0 spiro atoms. The van der Waals surface area contributed by atoms with Crippen LogP contribution in [0.5, 0.6) is 0 Å². The summed E-state index contributed by atoms with van der Waals surface area (Å²) in [6.07, 6.45) is 0. The Hall–Kier alpha value is -3.12. The highest BCUT2D eigenvalue weighted by atomic mass is 35.5. The number of fused-ring (bicyclic) bond motifs is 1. The van der Waals surface area contributed by atoms with E-state index in [1.54, 1.807) is 42.5 Å². The van der Waals surface area contributed by atoms with Gasteiger partial charge in [-0.1, -0.05) is 29.8 Å². The molecule has 0 saturated heterocycles. The fourth-order valence-corrected chi connectivity index (χ4v) is 2.87. The molecule has 0 atom stereocenters. The van der Waals surface area contributed by atoms with E-state index in [-0.39, 0.29) is 12.2 Å². The second kappa shape index (κ2) is 7.63. The number of hydrogen-bond acceptors (Lipinski definition) is 5. The first-order chi connectivity index (χ1) is 12.9. The van der Waals surface area contributed by atoms with Gasteiger partial charge in [0.05, 0.1) is 10.7 Å². The topological polar surface area (TPSA) is 76.8 Å². The van der Waals surface area contributed by atoms with Crippen molar-refractivity contribution >= 4 is 40.1 Å². The number of nitrogens with zero attached hydrogens (tertiary/aromatic N) is 1. The summed E-state index contributed by atoms with van der Waals surface area (Å²) in [7, 11) is 1.53. The van der Waals surface area contributed by atoms with Crippen molar-refractivity contribution in [3.05, 3.63) is 75.1 Å². The maximum Gasteiger partial charge on any atom is 0.349 e. The molecule has 0 N–H and O–H groups in total. The first-order valence-corrected chi connectivity index (χ1v) is 8.47. The number of para-hydroxylation sites is 1. The van der Waals surface area contributed by atoms with Gasteiger partial charge in [-0.05, 0) is 35.9 Å². The third-order valence-corrected chi connectivity index (χ3v) is 4.31. The van der Waals surface area contributed by atoms with Crippen molar-refractivity contribution in [3.8, 4) is 0 Å². The molecule has 3 rings (SSSR count). The number of amides is 1. The van der Waals surface area contributed by atoms with Crippen LogP contribution in [0, 0.1) is 0 Å². The molecule has 3 aromatic rings. The monoisotopic (exact) mass is 385 g/mol. The van der Waals surface area contributed by atoms with Crippen LogP contribution in [0.15, 0.2) is 57.7 Å². The largest absolute Gasteiger partial charge is 0.461 e. The second-order valence-electron chi connectivity index (χ2n) is 5.92. The van der Waals surface area contributed by atoms with Crippen LogP contribution in [0.1, 0.15) is 22.8 Å². The number of carbonyl (C=O) groups is 2. The van der Waals surface area contributed by atoms with Crippen molar-refractivity contribution in [1.29, 1.82) is 0 Å². The Labute approximate surface area is 159 Å². The fraction of sp³-hybridized carbons (Fsp3) is 0.150. The maximum absolute atomic E-state index is 12.8. The molecule has 138 valence electrons. The van der Waals surface area contributed by atoms with E-state index in [0.717, 1.165) is 0 Å². The predicted molar refractivity (Wildman–Crippen MR) is 102 cm³/mol. The van der Waals surface area contributed by atoms with E-state index in [9.17, 15) is 14.4 Å². The van der Waals surface area contributed by atoms with Crippen LogP contribution in [0.4, 0.5) is 5.69 Å². The number of rotatable bonds is 4. The Kier molecular flexibility index (Phi) is 5.28. The van der Waals surface area contributed by atoms with Crippen LogP contribution in [-0.4, -0.2) is 18.9 Å². The number of halogens is 1. The van der Waals surface area contributed by atoms with Crippen LogP contribution < -0.4 is 10.5 Å². The van der Waals surface area contributed by atoms with Crippen LogP contribution in [0.2, 0.25) is 5.02 Å². The number of hydrogen-bond donors (Lipinski definition) is 0. The lowest BCUT2D eigenvalue weighted by Gasteiger charge is -2.18. The van der Waals surface area contributed by atoms with E-state index >= 15 is 0 Å². The summed E-state index contributed by atoms with van der Waals surface area (Å²) in [6.45, 7) is 1.41. The Morgan fingerprint density at radius 1 is 1.15 bits per heavy atom. The zero-order chi connectivity index (χ0) is 19.6. The van der Waals surface area contributed by atoms with Crippen molar-refractivity contribution in [3.63, 3.8) is 0 Å². The Balaban J connectivity index is 1.99. The minimum absolute atomic E-state index is 0.0905. The molecule has 7 heteroatoms. The smallest absolute Gasteiger partial charge is 0.349 e. The molecule has 1 heterocycles. The summed E-state index contributed by atoms with van der Waals surface area (Å²) in [4.78, 5) is 37.3. The van der Waals surface area contributed by atoms with Crippen molar-refractivity contribution < 1.29 is 18.7 Å². The van der Waals surface area contributed by atoms with Crippen molar-refractivity contribution in [2.24, 2.45) is 0 Å². The molecule has 0 aliphatic heterocycles. The summed E-state index contributed by atoms with van der Waals surface area (Å²) < 4.78 is 10.2. The van der Waals surface area contributed by atoms with Gasteiger partial charge in [0.15, 0.2) is 0 Å². The normalized spacial score (nSPS) is 10.6. The summed E-state index contributed by atoms with van der Waals surface area (Å²) >= 11 is 6.13. The molecule has 0 bridgehead atoms. The SMILES string of the molecule is CC(=O)OCc1ccc2oc(=O)c(C(=O)N(C)c3ccccc3Cl)cc2c1. The Morgan fingerprint density at radius 2 is 1.89 bits per heavy atom. The fourth-order valence-electron chi connectivity index (χ4n) is 2.61. The van der Waals surface area contributed by atoms with Gasteiger partial charge in [-0.2, -0.15) is 0 Å². The second-order valence-corrected chi connectivity index (χ2v) is 6.32. The standard InChI is InChI=1S/C20H16ClNO5/c1-12(23)26-11-13-7-8-18-14(9-13)10-15(20(25)27-18)19(24)22(2)17-6-4-3-5-16(17)21/h3-10H,11H2,1-2H3. The van der Waals surface area contributed by atoms with Gasteiger partial charge < -0.3 is 14.1 Å². The zero-order valence-electron chi connectivity index (χ0n) is 14.7. The van der Waals surface area contributed by atoms with E-state index in [0.29, 0.717) is 27.2 Å². The minimum Gasteiger partial charge on any atom is -0.461 e. The Morgan fingerprint density at radius 3 is 2.59 bits per heavy atom. The number of carbonyl (C=O) groups excluding carboxylic acids is 2. The van der Waals surface area contributed by atoms with Gasteiger partial charge in [-0.25, -0.2) is 4.79 Å². The van der Waals surface area contributed by atoms with Crippen molar-refractivity contribution in [2.75, 3.05) is 11.9 Å². The quantitative estimate of drug-likeness (QED) is 0.504. The summed E-state index contributed by atoms with van der Waals surface area (Å²) in [5.74, 6) is -0.934. The predicted octanol–water partition coefficient (Wildman–Crippen LogP) is 3.79. The van der Waals surface area contributed by atoms with Crippen LogP contribution in [0.3, 0.4) is 0 Å². The highest BCUT2D eigenvalue weighted by Crippen LogP contribution is 2.25. The zero-order valence-corrected chi connectivity index (χ0v) is 15.4. The third kappa shape index (κ3) is 4.01. The average molecular weight is 386 g/mol. The minimum atomic E-state index is -0.737. The molecule has 2 aromatic carbocycles. The van der Waals surface area contributed by atoms with Gasteiger partial charge >= 0.3 is 11.6 Å². The van der Waals surface area contributed by atoms with Crippen LogP contribution in [0.25, 0.3) is 11.0 Å². The van der Waals surface area contributed by atoms with E-state index in [1.807, 2.05) is 0 Å². The maximum atomic E-state index is 12.8. The van der Waals surface area contributed by atoms with Gasteiger partial charge in [-0.3, -0.25) is 9.59 Å². The van der Waals surface area contributed by atoms with Gasteiger partial charge in [0.1, 0.15) is 17.8 Å². The highest BCUT2D eigenvalue weighted by molar-refractivity contribution is 6.34. The lowest BCUT2D eigenvalue weighted by atomic mass is 10.1. The molecule has 0 aliphatic rings. The lowest BCUT2D eigenvalue weighted by molar-refractivity contribution is -0.142. The summed E-state index contributed by atoms with van der Waals surface area (Å²) in [5, 5.41) is 0.942. The van der Waals surface area contributed by atoms with E-state index in [4.69, 9.17) is 20.8 Å². The van der Waals surface area contributed by atoms with Gasteiger partial charge in [-0.15, -0.1) is 0 Å². The summed E-state index contributed by atoms with van der Waals surface area (Å²) in [5.41, 5.74) is 0.675.